The van der Waals surface area contributed by atoms with Crippen molar-refractivity contribution in [1.29, 1.82) is 0 Å². The number of ether oxygens (including phenoxy) is 1. The molecule has 0 unspecified atom stereocenters. The molecule has 0 amide bonds. The minimum absolute atomic E-state index is 0.108. The Morgan fingerprint density at radius 2 is 2.41 bits per heavy atom. The second-order valence-corrected chi connectivity index (χ2v) is 3.57. The molecule has 0 aromatic carbocycles. The van der Waals surface area contributed by atoms with Gasteiger partial charge in [0, 0.05) is 38.9 Å². The van der Waals surface area contributed by atoms with Gasteiger partial charge in [-0.2, -0.15) is 5.10 Å². The summed E-state index contributed by atoms with van der Waals surface area (Å²) in [5.74, 6) is 0. The predicted octanol–water partition coefficient (Wildman–Crippen LogP) is 0.0405. The number of rotatable bonds is 8. The number of nitrogens with one attached hydrogen (secondary N) is 1. The molecule has 1 heterocycles. The van der Waals surface area contributed by atoms with Gasteiger partial charge in [0.25, 0.3) is 5.56 Å². The molecule has 0 aliphatic rings. The molecule has 0 radical (unpaired) electrons. The first-order valence-electron chi connectivity index (χ1n) is 5.86. The van der Waals surface area contributed by atoms with Crippen LogP contribution in [0.5, 0.6) is 0 Å². The number of anilines is 1. The standard InChI is InChI=1S/C11H20N4O2/c1-2-17-7-3-6-15-11(16)8-10(9-14-15)13-5-4-12/h8-9,13H,2-7,12H2,1H3. The van der Waals surface area contributed by atoms with Crippen LogP contribution in [0.3, 0.4) is 0 Å². The summed E-state index contributed by atoms with van der Waals surface area (Å²) in [5, 5.41) is 7.09. The van der Waals surface area contributed by atoms with Crippen LogP contribution in [0.2, 0.25) is 0 Å². The van der Waals surface area contributed by atoms with E-state index in [1.54, 1.807) is 6.20 Å². The highest BCUT2D eigenvalue weighted by atomic mass is 16.5. The summed E-state index contributed by atoms with van der Waals surface area (Å²) in [7, 11) is 0. The number of nitrogens with two attached hydrogens (primary N) is 1. The highest BCUT2D eigenvalue weighted by Crippen LogP contribution is 1.98. The Morgan fingerprint density at radius 1 is 1.59 bits per heavy atom. The van der Waals surface area contributed by atoms with Gasteiger partial charge in [0.05, 0.1) is 11.9 Å². The van der Waals surface area contributed by atoms with Gasteiger partial charge in [-0.05, 0) is 13.3 Å². The van der Waals surface area contributed by atoms with Crippen LogP contribution >= 0.6 is 0 Å². The van der Waals surface area contributed by atoms with Crippen molar-refractivity contribution >= 4 is 5.69 Å². The summed E-state index contributed by atoms with van der Waals surface area (Å²) in [4.78, 5) is 11.7. The second-order valence-electron chi connectivity index (χ2n) is 3.57. The lowest BCUT2D eigenvalue weighted by Gasteiger charge is -2.07. The Kier molecular flexibility index (Phi) is 6.27. The maximum absolute atomic E-state index is 11.7. The average Bonchev–Trinajstić information content (AvgIpc) is 2.34. The van der Waals surface area contributed by atoms with E-state index in [4.69, 9.17) is 10.5 Å². The molecule has 0 bridgehead atoms. The van der Waals surface area contributed by atoms with E-state index < -0.39 is 0 Å². The SMILES string of the molecule is CCOCCCn1ncc(NCCN)cc1=O. The summed E-state index contributed by atoms with van der Waals surface area (Å²) in [5.41, 5.74) is 5.96. The predicted molar refractivity (Wildman–Crippen MR) is 67.2 cm³/mol. The minimum Gasteiger partial charge on any atom is -0.382 e. The van der Waals surface area contributed by atoms with Gasteiger partial charge in [0.15, 0.2) is 0 Å². The van der Waals surface area contributed by atoms with Crippen molar-refractivity contribution in [3.8, 4) is 0 Å². The lowest BCUT2D eigenvalue weighted by molar-refractivity contribution is 0.140. The monoisotopic (exact) mass is 240 g/mol. The Labute approximate surface area is 101 Å². The molecule has 17 heavy (non-hydrogen) atoms. The van der Waals surface area contributed by atoms with Crippen molar-refractivity contribution < 1.29 is 4.74 Å². The van der Waals surface area contributed by atoms with Gasteiger partial charge >= 0.3 is 0 Å². The zero-order valence-corrected chi connectivity index (χ0v) is 10.2. The highest BCUT2D eigenvalue weighted by Gasteiger charge is 1.99. The number of aryl methyl sites for hydroxylation is 1. The number of hydrogen-bond acceptors (Lipinski definition) is 5. The fourth-order valence-electron chi connectivity index (χ4n) is 1.38. The smallest absolute Gasteiger partial charge is 0.268 e. The molecule has 0 spiro atoms. The van der Waals surface area contributed by atoms with Gasteiger partial charge in [-0.3, -0.25) is 4.79 Å². The van der Waals surface area contributed by atoms with Gasteiger partial charge in [-0.25, -0.2) is 4.68 Å². The Morgan fingerprint density at radius 3 is 3.06 bits per heavy atom. The number of hydrogen-bond donors (Lipinski definition) is 2. The van der Waals surface area contributed by atoms with Crippen LogP contribution in [0.4, 0.5) is 5.69 Å². The fourth-order valence-corrected chi connectivity index (χ4v) is 1.38. The minimum atomic E-state index is -0.108. The van der Waals surface area contributed by atoms with Crippen LogP contribution in [0.1, 0.15) is 13.3 Å². The zero-order valence-electron chi connectivity index (χ0n) is 10.2. The van der Waals surface area contributed by atoms with Crippen molar-refractivity contribution in [2.45, 2.75) is 19.9 Å². The van der Waals surface area contributed by atoms with Crippen LogP contribution in [0, 0.1) is 0 Å². The normalized spacial score (nSPS) is 10.5. The molecule has 0 saturated heterocycles. The Bertz CT molecular complexity index is 378. The third-order valence-electron chi connectivity index (χ3n) is 2.21. The van der Waals surface area contributed by atoms with Crippen molar-refractivity contribution in [1.82, 2.24) is 9.78 Å². The van der Waals surface area contributed by atoms with E-state index in [1.807, 2.05) is 6.92 Å². The molecule has 1 rings (SSSR count). The van der Waals surface area contributed by atoms with Crippen LogP contribution in [-0.4, -0.2) is 36.1 Å². The van der Waals surface area contributed by atoms with E-state index in [0.717, 1.165) is 6.42 Å². The van der Waals surface area contributed by atoms with E-state index in [-0.39, 0.29) is 5.56 Å². The van der Waals surface area contributed by atoms with E-state index in [0.29, 0.717) is 38.5 Å². The van der Waals surface area contributed by atoms with E-state index in [9.17, 15) is 4.79 Å². The van der Waals surface area contributed by atoms with Crippen LogP contribution in [0.15, 0.2) is 17.1 Å². The van der Waals surface area contributed by atoms with Gasteiger partial charge in [0.2, 0.25) is 0 Å². The first kappa shape index (κ1) is 13.7. The topological polar surface area (TPSA) is 82.2 Å². The molecular weight excluding hydrogens is 220 g/mol. The average molecular weight is 240 g/mol. The molecule has 3 N–H and O–H groups in total. The largest absolute Gasteiger partial charge is 0.382 e. The van der Waals surface area contributed by atoms with Gasteiger partial charge < -0.3 is 15.8 Å². The van der Waals surface area contributed by atoms with Gasteiger partial charge in [-0.1, -0.05) is 0 Å². The maximum Gasteiger partial charge on any atom is 0.268 e. The summed E-state index contributed by atoms with van der Waals surface area (Å²) >= 11 is 0. The Hall–Kier alpha value is -1.40. The third-order valence-corrected chi connectivity index (χ3v) is 2.21. The summed E-state index contributed by atoms with van der Waals surface area (Å²) in [6.07, 6.45) is 2.42. The number of aromatic nitrogens is 2. The molecular formula is C11H20N4O2. The van der Waals surface area contributed by atoms with E-state index in [2.05, 4.69) is 10.4 Å². The van der Waals surface area contributed by atoms with Crippen molar-refractivity contribution in [2.75, 3.05) is 31.6 Å². The fraction of sp³-hybridized carbons (Fsp3) is 0.636. The molecule has 0 aliphatic carbocycles. The first-order valence-corrected chi connectivity index (χ1v) is 5.86. The van der Waals surface area contributed by atoms with Crippen LogP contribution in [-0.2, 0) is 11.3 Å². The van der Waals surface area contributed by atoms with Crippen molar-refractivity contribution in [3.05, 3.63) is 22.6 Å². The van der Waals surface area contributed by atoms with Gasteiger partial charge in [-0.15, -0.1) is 0 Å². The van der Waals surface area contributed by atoms with Gasteiger partial charge in [0.1, 0.15) is 0 Å². The zero-order chi connectivity index (χ0) is 12.5. The molecule has 0 fully saturated rings. The maximum atomic E-state index is 11.7. The molecule has 6 nitrogen and oxygen atoms in total. The van der Waals surface area contributed by atoms with Crippen LogP contribution in [0.25, 0.3) is 0 Å². The quantitative estimate of drug-likeness (QED) is 0.627. The van der Waals surface area contributed by atoms with E-state index in [1.165, 1.54) is 10.7 Å². The summed E-state index contributed by atoms with van der Waals surface area (Å²) < 4.78 is 6.64. The molecule has 0 saturated carbocycles. The molecule has 0 aliphatic heterocycles. The van der Waals surface area contributed by atoms with E-state index >= 15 is 0 Å². The van der Waals surface area contributed by atoms with Crippen molar-refractivity contribution in [2.24, 2.45) is 5.73 Å². The third kappa shape index (κ3) is 4.97. The van der Waals surface area contributed by atoms with Crippen LogP contribution < -0.4 is 16.6 Å². The molecule has 6 heteroatoms. The summed E-state index contributed by atoms with van der Waals surface area (Å²) in [6, 6.07) is 1.53. The molecule has 0 atom stereocenters. The molecule has 96 valence electrons. The number of nitrogens with zero attached hydrogens (tertiary/aromatic N) is 2. The highest BCUT2D eigenvalue weighted by molar-refractivity contribution is 5.38. The lowest BCUT2D eigenvalue weighted by Crippen LogP contribution is -2.24. The van der Waals surface area contributed by atoms with Crippen molar-refractivity contribution in [3.63, 3.8) is 0 Å². The first-order chi connectivity index (χ1) is 8.27. The molecule has 1 aromatic rings. The lowest BCUT2D eigenvalue weighted by atomic mass is 10.4. The molecule has 1 aromatic heterocycles. The Balaban J connectivity index is 2.48. The summed E-state index contributed by atoms with van der Waals surface area (Å²) in [6.45, 7) is 5.04. The second kappa shape index (κ2) is 7.81.